The van der Waals surface area contributed by atoms with E-state index in [0.29, 0.717) is 24.5 Å². The maximum absolute atomic E-state index is 13.1. The van der Waals surface area contributed by atoms with Gasteiger partial charge in [0, 0.05) is 31.1 Å². The van der Waals surface area contributed by atoms with Crippen LogP contribution in [0.1, 0.15) is 16.1 Å². The number of nitrogens with one attached hydrogen (secondary N) is 1. The first-order valence-electron chi connectivity index (χ1n) is 9.68. The number of fused-ring (bicyclic) bond motifs is 1. The highest BCUT2D eigenvalue weighted by molar-refractivity contribution is 7.89. The number of benzene rings is 1. The molecule has 1 aliphatic heterocycles. The summed E-state index contributed by atoms with van der Waals surface area (Å²) in [6, 6.07) is 6.13. The van der Waals surface area contributed by atoms with Gasteiger partial charge >= 0.3 is 0 Å². The molecule has 1 aromatic carbocycles. The number of pyridine rings is 1. The highest BCUT2D eigenvalue weighted by Crippen LogP contribution is 2.29. The van der Waals surface area contributed by atoms with Gasteiger partial charge in [-0.1, -0.05) is 0 Å². The molecule has 1 N–H and O–H groups in total. The number of aryl methyl sites for hydroxylation is 2. The quantitative estimate of drug-likeness (QED) is 0.634. The number of hydrogen-bond donors (Lipinski definition) is 1. The molecule has 2 aromatic heterocycles. The lowest BCUT2D eigenvalue weighted by atomic mass is 10.2. The summed E-state index contributed by atoms with van der Waals surface area (Å²) < 4.78 is 39.7. The van der Waals surface area contributed by atoms with Crippen LogP contribution in [0.25, 0.3) is 11.0 Å². The van der Waals surface area contributed by atoms with E-state index in [0.717, 1.165) is 11.1 Å². The summed E-state index contributed by atoms with van der Waals surface area (Å²) in [5, 5.41) is 7.92. The Morgan fingerprint density at radius 3 is 2.68 bits per heavy atom. The van der Waals surface area contributed by atoms with Gasteiger partial charge in [0.05, 0.1) is 37.9 Å². The van der Waals surface area contributed by atoms with E-state index in [4.69, 9.17) is 9.47 Å². The number of nitrogens with zero attached hydrogens (tertiary/aromatic N) is 4. The van der Waals surface area contributed by atoms with Crippen LogP contribution in [0.3, 0.4) is 0 Å². The second-order valence-corrected chi connectivity index (χ2v) is 9.05. The molecule has 1 amide bonds. The third kappa shape index (κ3) is 3.99. The van der Waals surface area contributed by atoms with Crippen molar-refractivity contribution in [1.82, 2.24) is 19.1 Å². The molecule has 1 aliphatic rings. The van der Waals surface area contributed by atoms with E-state index in [1.165, 1.54) is 35.8 Å². The van der Waals surface area contributed by atoms with E-state index in [2.05, 4.69) is 15.4 Å². The van der Waals surface area contributed by atoms with Gasteiger partial charge in [0.1, 0.15) is 10.6 Å². The first-order valence-corrected chi connectivity index (χ1v) is 11.1. The largest absolute Gasteiger partial charge is 0.495 e. The summed E-state index contributed by atoms with van der Waals surface area (Å²) in [5.74, 6) is -0.277. The van der Waals surface area contributed by atoms with Crippen LogP contribution in [0.15, 0.2) is 35.4 Å². The Morgan fingerprint density at radius 1 is 1.23 bits per heavy atom. The third-order valence-electron chi connectivity index (χ3n) is 5.13. The van der Waals surface area contributed by atoms with Crippen LogP contribution in [0.5, 0.6) is 5.75 Å². The van der Waals surface area contributed by atoms with Crippen molar-refractivity contribution in [1.29, 1.82) is 0 Å². The van der Waals surface area contributed by atoms with Crippen molar-refractivity contribution in [2.24, 2.45) is 7.05 Å². The molecule has 11 heteroatoms. The van der Waals surface area contributed by atoms with Crippen molar-refractivity contribution in [3.05, 3.63) is 41.7 Å². The van der Waals surface area contributed by atoms with Gasteiger partial charge in [-0.25, -0.2) is 13.4 Å². The maximum atomic E-state index is 13.1. The number of carbonyl (C=O) groups excluding carboxylic acids is 1. The van der Waals surface area contributed by atoms with E-state index in [9.17, 15) is 13.2 Å². The van der Waals surface area contributed by atoms with Crippen molar-refractivity contribution in [3.63, 3.8) is 0 Å². The summed E-state index contributed by atoms with van der Waals surface area (Å²) in [6.07, 6.45) is 1.54. The number of anilines is 1. The fourth-order valence-corrected chi connectivity index (χ4v) is 5.11. The zero-order valence-corrected chi connectivity index (χ0v) is 18.3. The number of ether oxygens (including phenoxy) is 2. The summed E-state index contributed by atoms with van der Waals surface area (Å²) in [4.78, 5) is 17.2. The summed E-state index contributed by atoms with van der Waals surface area (Å²) >= 11 is 0. The van der Waals surface area contributed by atoms with E-state index >= 15 is 0 Å². The molecular formula is C20H23N5O5S. The maximum Gasteiger partial charge on any atom is 0.255 e. The Kier molecular flexibility index (Phi) is 5.65. The Labute approximate surface area is 179 Å². The molecule has 0 spiro atoms. The van der Waals surface area contributed by atoms with Crippen molar-refractivity contribution in [3.8, 4) is 5.75 Å². The minimum absolute atomic E-state index is 0.0544. The Hall–Kier alpha value is -3.02. The zero-order chi connectivity index (χ0) is 22.2. The number of carbonyl (C=O) groups is 1. The highest BCUT2D eigenvalue weighted by Gasteiger charge is 2.30. The topological polar surface area (TPSA) is 116 Å². The molecule has 0 saturated carbocycles. The predicted octanol–water partition coefficient (Wildman–Crippen LogP) is 1.56. The SMILES string of the molecule is COc1ccc(C(=O)Nc2cnc3c(c2)c(C)nn3C)cc1S(=O)(=O)N1CCOCC1. The molecule has 3 aromatic rings. The molecular weight excluding hydrogens is 422 g/mol. The Bertz CT molecular complexity index is 1250. The van der Waals surface area contributed by atoms with Gasteiger partial charge in [0.25, 0.3) is 5.91 Å². The highest BCUT2D eigenvalue weighted by atomic mass is 32.2. The molecule has 0 bridgehead atoms. The lowest BCUT2D eigenvalue weighted by molar-refractivity contribution is 0.0729. The van der Waals surface area contributed by atoms with Gasteiger partial charge in [0.2, 0.25) is 10.0 Å². The molecule has 31 heavy (non-hydrogen) atoms. The molecule has 1 saturated heterocycles. The molecule has 0 radical (unpaired) electrons. The minimum atomic E-state index is -3.84. The first kappa shape index (κ1) is 21.2. The van der Waals surface area contributed by atoms with E-state index in [1.54, 1.807) is 17.8 Å². The Morgan fingerprint density at radius 2 is 1.97 bits per heavy atom. The van der Waals surface area contributed by atoms with E-state index in [1.807, 2.05) is 6.92 Å². The monoisotopic (exact) mass is 445 g/mol. The second-order valence-electron chi connectivity index (χ2n) is 7.14. The number of morpholine rings is 1. The standard InChI is InChI=1S/C20H23N5O5S/c1-13-16-11-15(12-21-19(16)24(2)23-13)22-20(26)14-4-5-17(29-3)18(10-14)31(27,28)25-6-8-30-9-7-25/h4-5,10-12H,6-9H2,1-3H3,(H,22,26). The van der Waals surface area contributed by atoms with Gasteiger partial charge in [-0.05, 0) is 31.2 Å². The average Bonchev–Trinajstić information content (AvgIpc) is 3.06. The van der Waals surface area contributed by atoms with Crippen molar-refractivity contribution >= 4 is 32.7 Å². The lowest BCUT2D eigenvalue weighted by Crippen LogP contribution is -2.40. The third-order valence-corrected chi connectivity index (χ3v) is 7.05. The number of rotatable bonds is 5. The number of aromatic nitrogens is 3. The number of hydrogen-bond acceptors (Lipinski definition) is 7. The lowest BCUT2D eigenvalue weighted by Gasteiger charge is -2.26. The molecule has 164 valence electrons. The molecule has 0 unspecified atom stereocenters. The van der Waals surface area contributed by atoms with Crippen LogP contribution < -0.4 is 10.1 Å². The number of methoxy groups -OCH3 is 1. The van der Waals surface area contributed by atoms with Gasteiger partial charge in [-0.3, -0.25) is 9.48 Å². The molecule has 0 atom stereocenters. The average molecular weight is 446 g/mol. The van der Waals surface area contributed by atoms with Crippen molar-refractivity contribution in [2.75, 3.05) is 38.7 Å². The van der Waals surface area contributed by atoms with Gasteiger partial charge in [-0.2, -0.15) is 9.40 Å². The fourth-order valence-electron chi connectivity index (χ4n) is 3.53. The zero-order valence-electron chi connectivity index (χ0n) is 17.5. The summed E-state index contributed by atoms with van der Waals surface area (Å²) in [6.45, 7) is 3.01. The van der Waals surface area contributed by atoms with Gasteiger partial charge in [0.15, 0.2) is 5.65 Å². The second kappa shape index (κ2) is 8.25. The van der Waals surface area contributed by atoms with Gasteiger partial charge < -0.3 is 14.8 Å². The Balaban J connectivity index is 1.64. The van der Waals surface area contributed by atoms with Crippen LogP contribution in [0.2, 0.25) is 0 Å². The van der Waals surface area contributed by atoms with Crippen molar-refractivity contribution < 1.29 is 22.7 Å². The van der Waals surface area contributed by atoms with Crippen LogP contribution in [0, 0.1) is 6.92 Å². The summed E-state index contributed by atoms with van der Waals surface area (Å²) in [5.41, 5.74) is 2.18. The summed E-state index contributed by atoms with van der Waals surface area (Å²) in [7, 11) is -0.647. The van der Waals surface area contributed by atoms with Crippen molar-refractivity contribution in [2.45, 2.75) is 11.8 Å². The van der Waals surface area contributed by atoms with E-state index in [-0.39, 0.29) is 29.3 Å². The number of sulfonamides is 1. The smallest absolute Gasteiger partial charge is 0.255 e. The van der Waals surface area contributed by atoms with E-state index < -0.39 is 15.9 Å². The van der Waals surface area contributed by atoms with Crippen LogP contribution >= 0.6 is 0 Å². The molecule has 3 heterocycles. The molecule has 0 aliphatic carbocycles. The van der Waals surface area contributed by atoms with Crippen LogP contribution in [0.4, 0.5) is 5.69 Å². The molecule has 10 nitrogen and oxygen atoms in total. The molecule has 1 fully saturated rings. The van der Waals surface area contributed by atoms with Crippen LogP contribution in [-0.4, -0.2) is 66.8 Å². The van der Waals surface area contributed by atoms with Crippen LogP contribution in [-0.2, 0) is 21.8 Å². The number of amides is 1. The predicted molar refractivity (Wildman–Crippen MR) is 114 cm³/mol. The molecule has 4 rings (SSSR count). The minimum Gasteiger partial charge on any atom is -0.495 e. The fraction of sp³-hybridized carbons (Fsp3) is 0.350. The van der Waals surface area contributed by atoms with Gasteiger partial charge in [-0.15, -0.1) is 0 Å². The normalized spacial score (nSPS) is 15.2. The first-order chi connectivity index (χ1) is 14.8.